The van der Waals surface area contributed by atoms with E-state index in [0.29, 0.717) is 11.8 Å². The molecule has 25 heavy (non-hydrogen) atoms. The van der Waals surface area contributed by atoms with Crippen molar-refractivity contribution in [2.24, 2.45) is 0 Å². The smallest absolute Gasteiger partial charge is 0.282 e. The van der Waals surface area contributed by atoms with E-state index in [1.165, 1.54) is 41.5 Å². The standard InChI is InChI=1S/C18H22N4OS2/c1-21-8-7-13-14(9-21)25-18-16(13)17(23)20-15(10-24-11-19)22(18)12-5-3-2-4-6-12/h12H,2-10H2,1H3. The predicted octanol–water partition coefficient (Wildman–Crippen LogP) is 3.67. The van der Waals surface area contributed by atoms with E-state index in [2.05, 4.69) is 26.9 Å². The van der Waals surface area contributed by atoms with Gasteiger partial charge in [0, 0.05) is 24.0 Å². The number of aromatic nitrogens is 2. The van der Waals surface area contributed by atoms with Crippen molar-refractivity contribution in [3.8, 4) is 5.40 Å². The fourth-order valence-corrected chi connectivity index (χ4v) is 6.07. The lowest BCUT2D eigenvalue weighted by molar-refractivity contribution is 0.318. The van der Waals surface area contributed by atoms with Gasteiger partial charge < -0.3 is 9.47 Å². The van der Waals surface area contributed by atoms with Crippen LogP contribution in [0, 0.1) is 10.7 Å². The number of hydrogen-bond acceptors (Lipinski definition) is 6. The van der Waals surface area contributed by atoms with E-state index in [0.717, 1.165) is 48.4 Å². The molecule has 0 aromatic carbocycles. The van der Waals surface area contributed by atoms with Gasteiger partial charge in [-0.15, -0.1) is 11.3 Å². The average Bonchev–Trinajstić information content (AvgIpc) is 2.99. The maximum absolute atomic E-state index is 12.8. The van der Waals surface area contributed by atoms with Crippen LogP contribution in [0.1, 0.15) is 54.4 Å². The topological polar surface area (TPSA) is 61.9 Å². The molecule has 2 aromatic rings. The largest absolute Gasteiger partial charge is 0.317 e. The Balaban J connectivity index is 1.92. The summed E-state index contributed by atoms with van der Waals surface area (Å²) in [5.74, 6) is 1.27. The van der Waals surface area contributed by atoms with Crippen molar-refractivity contribution < 1.29 is 0 Å². The summed E-state index contributed by atoms with van der Waals surface area (Å²) in [6.07, 6.45) is 6.98. The van der Waals surface area contributed by atoms with Crippen LogP contribution < -0.4 is 5.56 Å². The SMILES string of the molecule is CN1CCc2c(sc3c2c(=O)nc(CSC#N)n3C2CCCCC2)C1. The molecular weight excluding hydrogens is 352 g/mol. The summed E-state index contributed by atoms with van der Waals surface area (Å²) in [6, 6.07) is 0.413. The third-order valence-electron chi connectivity index (χ3n) is 5.38. The molecule has 5 nitrogen and oxygen atoms in total. The average molecular weight is 375 g/mol. The summed E-state index contributed by atoms with van der Waals surface area (Å²) < 4.78 is 2.32. The second kappa shape index (κ2) is 7.10. The highest BCUT2D eigenvalue weighted by molar-refractivity contribution is 8.02. The number of likely N-dealkylation sites (N-methyl/N-ethyl adjacent to an activating group) is 1. The number of thiophene rings is 1. The highest BCUT2D eigenvalue weighted by atomic mass is 32.2. The van der Waals surface area contributed by atoms with Gasteiger partial charge in [-0.3, -0.25) is 4.79 Å². The molecular formula is C18H22N4OS2. The lowest BCUT2D eigenvalue weighted by Crippen LogP contribution is -2.26. The van der Waals surface area contributed by atoms with Crippen LogP contribution in [0.4, 0.5) is 0 Å². The van der Waals surface area contributed by atoms with Crippen LogP contribution in [-0.4, -0.2) is 28.0 Å². The first kappa shape index (κ1) is 17.1. The molecule has 0 saturated heterocycles. The Bertz CT molecular complexity index is 889. The lowest BCUT2D eigenvalue weighted by Gasteiger charge is -2.27. The molecule has 1 fully saturated rings. The molecule has 0 atom stereocenters. The van der Waals surface area contributed by atoms with Crippen molar-refractivity contribution in [3.63, 3.8) is 0 Å². The van der Waals surface area contributed by atoms with E-state index in [1.54, 1.807) is 11.3 Å². The van der Waals surface area contributed by atoms with Crippen LogP contribution in [0.2, 0.25) is 0 Å². The zero-order valence-corrected chi connectivity index (χ0v) is 16.1. The highest BCUT2D eigenvalue weighted by Gasteiger charge is 2.27. The van der Waals surface area contributed by atoms with Crippen molar-refractivity contribution in [2.75, 3.05) is 13.6 Å². The Kier molecular flexibility index (Phi) is 4.85. The van der Waals surface area contributed by atoms with Gasteiger partial charge in [0.05, 0.1) is 11.1 Å². The Morgan fingerprint density at radius 3 is 2.92 bits per heavy atom. The fraction of sp³-hybridized carbons (Fsp3) is 0.611. The maximum atomic E-state index is 12.8. The third-order valence-corrected chi connectivity index (χ3v) is 7.12. The number of nitriles is 1. The Morgan fingerprint density at radius 2 is 2.16 bits per heavy atom. The van der Waals surface area contributed by atoms with Crippen molar-refractivity contribution in [2.45, 2.75) is 56.9 Å². The zero-order chi connectivity index (χ0) is 17.4. The number of nitrogens with zero attached hydrogens (tertiary/aromatic N) is 4. The van der Waals surface area contributed by atoms with E-state index in [-0.39, 0.29) is 5.56 Å². The van der Waals surface area contributed by atoms with Crippen LogP contribution >= 0.6 is 23.1 Å². The summed E-state index contributed by atoms with van der Waals surface area (Å²) in [7, 11) is 2.13. The molecule has 2 aliphatic rings. The second-order valence-corrected chi connectivity index (χ2v) is 8.89. The molecule has 0 N–H and O–H groups in total. The first-order valence-corrected chi connectivity index (χ1v) is 10.7. The summed E-state index contributed by atoms with van der Waals surface area (Å²) in [5.41, 5.74) is 1.12. The Morgan fingerprint density at radius 1 is 1.36 bits per heavy atom. The number of rotatable bonds is 3. The monoisotopic (exact) mass is 374 g/mol. The molecule has 0 bridgehead atoms. The summed E-state index contributed by atoms with van der Waals surface area (Å²) in [5, 5.41) is 11.9. The van der Waals surface area contributed by atoms with E-state index in [9.17, 15) is 4.79 Å². The molecule has 0 spiro atoms. The molecule has 0 radical (unpaired) electrons. The number of hydrogen-bond donors (Lipinski definition) is 0. The minimum Gasteiger partial charge on any atom is -0.317 e. The van der Waals surface area contributed by atoms with E-state index < -0.39 is 0 Å². The summed E-state index contributed by atoms with van der Waals surface area (Å²) >= 11 is 2.95. The Labute approximate surface area is 155 Å². The van der Waals surface area contributed by atoms with Crippen molar-refractivity contribution >= 4 is 33.3 Å². The van der Waals surface area contributed by atoms with Gasteiger partial charge in [0.15, 0.2) is 0 Å². The molecule has 3 heterocycles. The molecule has 1 aliphatic heterocycles. The zero-order valence-electron chi connectivity index (χ0n) is 14.5. The molecule has 2 aromatic heterocycles. The van der Waals surface area contributed by atoms with Crippen molar-refractivity contribution in [1.82, 2.24) is 14.5 Å². The third kappa shape index (κ3) is 3.12. The predicted molar refractivity (Wildman–Crippen MR) is 103 cm³/mol. The first-order valence-electron chi connectivity index (χ1n) is 8.94. The molecule has 1 saturated carbocycles. The molecule has 0 amide bonds. The van der Waals surface area contributed by atoms with Gasteiger partial charge in [0.25, 0.3) is 5.56 Å². The normalized spacial score (nSPS) is 19.0. The van der Waals surface area contributed by atoms with Gasteiger partial charge >= 0.3 is 0 Å². The lowest BCUT2D eigenvalue weighted by atomic mass is 9.95. The summed E-state index contributed by atoms with van der Waals surface area (Å²) in [6.45, 7) is 1.91. The number of thioether (sulfide) groups is 1. The maximum Gasteiger partial charge on any atom is 0.282 e. The van der Waals surface area contributed by atoms with Crippen LogP contribution in [-0.2, 0) is 18.7 Å². The van der Waals surface area contributed by atoms with Gasteiger partial charge in [-0.25, -0.2) is 0 Å². The second-order valence-electron chi connectivity index (χ2n) is 7.05. The van der Waals surface area contributed by atoms with Crippen LogP contribution in [0.15, 0.2) is 4.79 Å². The van der Waals surface area contributed by atoms with E-state index >= 15 is 0 Å². The van der Waals surface area contributed by atoms with Gasteiger partial charge in [0.1, 0.15) is 16.1 Å². The number of fused-ring (bicyclic) bond motifs is 3. The van der Waals surface area contributed by atoms with Crippen molar-refractivity contribution in [1.29, 1.82) is 5.26 Å². The molecule has 132 valence electrons. The first-order chi connectivity index (χ1) is 12.2. The molecule has 7 heteroatoms. The van der Waals surface area contributed by atoms with E-state index in [4.69, 9.17) is 5.26 Å². The van der Waals surface area contributed by atoms with Crippen LogP contribution in [0.3, 0.4) is 0 Å². The highest BCUT2D eigenvalue weighted by Crippen LogP contribution is 2.38. The van der Waals surface area contributed by atoms with Crippen molar-refractivity contribution in [3.05, 3.63) is 26.6 Å². The van der Waals surface area contributed by atoms with Gasteiger partial charge in [-0.05, 0) is 43.6 Å². The quantitative estimate of drug-likeness (QED) is 0.767. The number of thiocyanates is 1. The van der Waals surface area contributed by atoms with Crippen LogP contribution in [0.5, 0.6) is 0 Å². The molecule has 0 unspecified atom stereocenters. The molecule has 4 rings (SSSR count). The van der Waals surface area contributed by atoms with Gasteiger partial charge in [-0.1, -0.05) is 19.3 Å². The van der Waals surface area contributed by atoms with Gasteiger partial charge in [-0.2, -0.15) is 10.2 Å². The van der Waals surface area contributed by atoms with Crippen LogP contribution in [0.25, 0.3) is 10.2 Å². The fourth-order valence-electron chi connectivity index (χ4n) is 4.17. The molecule has 1 aliphatic carbocycles. The van der Waals surface area contributed by atoms with E-state index in [1.807, 2.05) is 0 Å². The minimum atomic E-state index is -0.0994. The Hall–Kier alpha value is -1.36. The summed E-state index contributed by atoms with van der Waals surface area (Å²) in [4.78, 5) is 22.0. The van der Waals surface area contributed by atoms with Gasteiger partial charge in [0.2, 0.25) is 0 Å². The minimum absolute atomic E-state index is 0.0994.